The van der Waals surface area contributed by atoms with Gasteiger partial charge in [-0.05, 0) is 25.1 Å². The molecule has 2 N–H and O–H groups in total. The lowest BCUT2D eigenvalue weighted by Crippen LogP contribution is -2.30. The number of aromatic carboxylic acids is 1. The van der Waals surface area contributed by atoms with E-state index >= 15 is 0 Å². The Morgan fingerprint density at radius 2 is 2.21 bits per heavy atom. The van der Waals surface area contributed by atoms with Crippen molar-refractivity contribution in [1.29, 1.82) is 0 Å². The molecular formula is C17H21N3O4. The van der Waals surface area contributed by atoms with E-state index in [9.17, 15) is 9.90 Å². The molecule has 1 fully saturated rings. The highest BCUT2D eigenvalue weighted by Gasteiger charge is 2.33. The van der Waals surface area contributed by atoms with Crippen LogP contribution in [0.5, 0.6) is 5.75 Å². The van der Waals surface area contributed by atoms with Crippen LogP contribution in [0.3, 0.4) is 0 Å². The van der Waals surface area contributed by atoms with Crippen LogP contribution in [0.25, 0.3) is 0 Å². The number of carbonyl (C=O) groups is 1. The number of rotatable bonds is 5. The molecule has 1 saturated heterocycles. The van der Waals surface area contributed by atoms with Gasteiger partial charge in [-0.3, -0.25) is 9.58 Å². The number of β-amino-alcohol motifs (C(OH)–C–C–N with tert-alkyl or cyclic N) is 1. The van der Waals surface area contributed by atoms with Gasteiger partial charge < -0.3 is 14.9 Å². The van der Waals surface area contributed by atoms with Crippen molar-refractivity contribution in [2.45, 2.75) is 25.7 Å². The molecule has 2 heterocycles. The van der Waals surface area contributed by atoms with E-state index in [1.165, 1.54) is 12.1 Å². The molecule has 2 aromatic rings. The highest BCUT2D eigenvalue weighted by Crippen LogP contribution is 2.22. The van der Waals surface area contributed by atoms with Gasteiger partial charge >= 0.3 is 5.97 Å². The largest absolute Gasteiger partial charge is 0.486 e. The number of hydrogen-bond acceptors (Lipinski definition) is 5. The zero-order chi connectivity index (χ0) is 17.3. The van der Waals surface area contributed by atoms with Crippen LogP contribution in [0.2, 0.25) is 0 Å². The summed E-state index contributed by atoms with van der Waals surface area (Å²) in [5, 5.41) is 23.5. The maximum Gasteiger partial charge on any atom is 0.335 e. The fraction of sp³-hybridized carbons (Fsp3) is 0.412. The molecule has 1 aromatic heterocycles. The number of hydrogen-bond donors (Lipinski definition) is 2. The number of benzene rings is 1. The Morgan fingerprint density at radius 3 is 2.88 bits per heavy atom. The standard InChI is InChI=1S/C17H21N3O4/c1-11-13(7-18-19(11)2)8-20-9-15(21)16(10-20)24-14-5-3-4-12(6-14)17(22)23/h3-7,15-16,21H,8-10H2,1-2H3,(H,22,23)/t15-,16-/m1/s1. The molecule has 7 heteroatoms. The van der Waals surface area contributed by atoms with E-state index in [0.717, 1.165) is 11.3 Å². The normalized spacial score (nSPS) is 21.1. The maximum absolute atomic E-state index is 11.0. The fourth-order valence-electron chi connectivity index (χ4n) is 2.90. The van der Waals surface area contributed by atoms with Gasteiger partial charge in [0.05, 0.1) is 11.8 Å². The van der Waals surface area contributed by atoms with Crippen LogP contribution < -0.4 is 4.74 Å². The Hall–Kier alpha value is -2.38. The predicted octanol–water partition coefficient (Wildman–Crippen LogP) is 1.05. The first-order valence-electron chi connectivity index (χ1n) is 7.82. The number of carboxylic acids is 1. The summed E-state index contributed by atoms with van der Waals surface area (Å²) in [4.78, 5) is 13.1. The quantitative estimate of drug-likeness (QED) is 0.851. The molecule has 0 saturated carbocycles. The monoisotopic (exact) mass is 331 g/mol. The van der Waals surface area contributed by atoms with Gasteiger partial charge in [-0.25, -0.2) is 4.79 Å². The van der Waals surface area contributed by atoms with E-state index in [1.54, 1.807) is 12.1 Å². The summed E-state index contributed by atoms with van der Waals surface area (Å²) < 4.78 is 7.63. The van der Waals surface area contributed by atoms with Crippen LogP contribution in [0.1, 0.15) is 21.6 Å². The van der Waals surface area contributed by atoms with Crippen LogP contribution in [0.4, 0.5) is 0 Å². The van der Waals surface area contributed by atoms with E-state index in [1.807, 2.05) is 24.9 Å². The summed E-state index contributed by atoms with van der Waals surface area (Å²) in [5.74, 6) is -0.542. The predicted molar refractivity (Wildman–Crippen MR) is 87.0 cm³/mol. The minimum atomic E-state index is -0.999. The lowest BCUT2D eigenvalue weighted by Gasteiger charge is -2.17. The van der Waals surface area contributed by atoms with Gasteiger partial charge in [0.25, 0.3) is 0 Å². The molecule has 0 radical (unpaired) electrons. The summed E-state index contributed by atoms with van der Waals surface area (Å²) in [6.45, 7) is 3.80. The Balaban J connectivity index is 1.64. The smallest absolute Gasteiger partial charge is 0.335 e. The second kappa shape index (κ2) is 6.62. The third-order valence-electron chi connectivity index (χ3n) is 4.41. The first kappa shape index (κ1) is 16.5. The molecular weight excluding hydrogens is 310 g/mol. The molecule has 7 nitrogen and oxygen atoms in total. The van der Waals surface area contributed by atoms with Crippen LogP contribution in [-0.2, 0) is 13.6 Å². The van der Waals surface area contributed by atoms with Crippen molar-refractivity contribution in [2.75, 3.05) is 13.1 Å². The molecule has 0 unspecified atom stereocenters. The van der Waals surface area contributed by atoms with Crippen molar-refractivity contribution in [1.82, 2.24) is 14.7 Å². The lowest BCUT2D eigenvalue weighted by molar-refractivity contribution is 0.0688. The van der Waals surface area contributed by atoms with E-state index < -0.39 is 12.1 Å². The molecule has 1 aliphatic heterocycles. The summed E-state index contributed by atoms with van der Waals surface area (Å²) in [6.07, 6.45) is 0.841. The topological polar surface area (TPSA) is 87.8 Å². The molecule has 0 aliphatic carbocycles. The van der Waals surface area contributed by atoms with Gasteiger partial charge in [0.1, 0.15) is 18.0 Å². The molecule has 1 aromatic carbocycles. The first-order valence-corrected chi connectivity index (χ1v) is 7.82. The van der Waals surface area contributed by atoms with Crippen molar-refractivity contribution in [3.05, 3.63) is 47.3 Å². The van der Waals surface area contributed by atoms with Crippen molar-refractivity contribution < 1.29 is 19.7 Å². The summed E-state index contributed by atoms with van der Waals surface area (Å²) in [6, 6.07) is 6.32. The second-order valence-corrected chi connectivity index (χ2v) is 6.13. The molecule has 0 bridgehead atoms. The molecule has 3 rings (SSSR count). The number of carboxylic acid groups (broad SMARTS) is 1. The van der Waals surface area contributed by atoms with E-state index in [2.05, 4.69) is 10.00 Å². The molecule has 1 aliphatic rings. The Labute approximate surface area is 140 Å². The average molecular weight is 331 g/mol. The maximum atomic E-state index is 11.0. The third-order valence-corrected chi connectivity index (χ3v) is 4.41. The minimum absolute atomic E-state index is 0.169. The fourth-order valence-corrected chi connectivity index (χ4v) is 2.90. The van der Waals surface area contributed by atoms with Crippen LogP contribution in [0, 0.1) is 6.92 Å². The van der Waals surface area contributed by atoms with Gasteiger partial charge in [0, 0.05) is 37.9 Å². The number of aryl methyl sites for hydroxylation is 1. The SMILES string of the molecule is Cc1c(CN2C[C@@H](O)[C@H](Oc3cccc(C(=O)O)c3)C2)cnn1C. The van der Waals surface area contributed by atoms with E-state index in [-0.39, 0.29) is 11.7 Å². The number of ether oxygens (including phenoxy) is 1. The van der Waals surface area contributed by atoms with E-state index in [4.69, 9.17) is 9.84 Å². The number of aliphatic hydroxyl groups is 1. The van der Waals surface area contributed by atoms with Crippen LogP contribution in [-0.4, -0.2) is 56.2 Å². The highest BCUT2D eigenvalue weighted by molar-refractivity contribution is 5.88. The Kier molecular flexibility index (Phi) is 4.55. The van der Waals surface area contributed by atoms with Gasteiger partial charge in [-0.1, -0.05) is 6.07 Å². The highest BCUT2D eigenvalue weighted by atomic mass is 16.5. The number of likely N-dealkylation sites (tertiary alicyclic amines) is 1. The molecule has 0 amide bonds. The minimum Gasteiger partial charge on any atom is -0.486 e. The van der Waals surface area contributed by atoms with E-state index in [0.29, 0.717) is 25.4 Å². The summed E-state index contributed by atoms with van der Waals surface area (Å²) in [5.41, 5.74) is 2.39. The van der Waals surface area contributed by atoms with Crippen molar-refractivity contribution in [3.8, 4) is 5.75 Å². The molecule has 2 atom stereocenters. The second-order valence-electron chi connectivity index (χ2n) is 6.13. The molecule has 24 heavy (non-hydrogen) atoms. The van der Waals surface area contributed by atoms with Gasteiger partial charge in [-0.2, -0.15) is 5.10 Å². The number of aromatic nitrogens is 2. The average Bonchev–Trinajstić information content (AvgIpc) is 3.05. The number of nitrogens with zero attached hydrogens (tertiary/aromatic N) is 3. The van der Waals surface area contributed by atoms with Crippen molar-refractivity contribution in [3.63, 3.8) is 0 Å². The van der Waals surface area contributed by atoms with Crippen LogP contribution in [0.15, 0.2) is 30.5 Å². The lowest BCUT2D eigenvalue weighted by atomic mass is 10.2. The van der Waals surface area contributed by atoms with Crippen LogP contribution >= 0.6 is 0 Å². The van der Waals surface area contributed by atoms with Crippen molar-refractivity contribution >= 4 is 5.97 Å². The number of aliphatic hydroxyl groups excluding tert-OH is 1. The van der Waals surface area contributed by atoms with Gasteiger partial charge in [0.15, 0.2) is 0 Å². The zero-order valence-electron chi connectivity index (χ0n) is 13.7. The first-order chi connectivity index (χ1) is 11.4. The Morgan fingerprint density at radius 1 is 1.42 bits per heavy atom. The Bertz CT molecular complexity index is 743. The van der Waals surface area contributed by atoms with Crippen molar-refractivity contribution in [2.24, 2.45) is 7.05 Å². The summed E-state index contributed by atoms with van der Waals surface area (Å²) >= 11 is 0. The van der Waals surface area contributed by atoms with Gasteiger partial charge in [0.2, 0.25) is 0 Å². The zero-order valence-corrected chi connectivity index (χ0v) is 13.7. The molecule has 0 spiro atoms. The van der Waals surface area contributed by atoms with Gasteiger partial charge in [-0.15, -0.1) is 0 Å². The third kappa shape index (κ3) is 3.42. The summed E-state index contributed by atoms with van der Waals surface area (Å²) in [7, 11) is 1.90. The molecule has 128 valence electrons.